The average molecular weight is 521 g/mol. The Labute approximate surface area is 208 Å². The lowest BCUT2D eigenvalue weighted by Gasteiger charge is -2.25. The Hall–Kier alpha value is -3.53. The molecule has 10 heteroatoms. The van der Waals surface area contributed by atoms with Crippen molar-refractivity contribution in [1.82, 2.24) is 5.32 Å². The minimum absolute atomic E-state index is 0.0787. The van der Waals surface area contributed by atoms with E-state index in [0.717, 1.165) is 29.7 Å². The number of ether oxygens (including phenoxy) is 1. The van der Waals surface area contributed by atoms with Crippen LogP contribution in [0.1, 0.15) is 23.6 Å². The third-order valence-electron chi connectivity index (χ3n) is 5.38. The van der Waals surface area contributed by atoms with E-state index in [1.165, 1.54) is 18.2 Å². The quantitative estimate of drug-likeness (QED) is 0.383. The van der Waals surface area contributed by atoms with Gasteiger partial charge in [-0.15, -0.1) is 0 Å². The number of sulfonamides is 1. The maximum absolute atomic E-state index is 13.3. The van der Waals surface area contributed by atoms with E-state index in [0.29, 0.717) is 16.1 Å². The third-order valence-corrected chi connectivity index (χ3v) is 7.17. The van der Waals surface area contributed by atoms with Crippen molar-refractivity contribution in [2.75, 3.05) is 24.0 Å². The summed E-state index contributed by atoms with van der Waals surface area (Å²) in [4.78, 5) is 12.5. The van der Waals surface area contributed by atoms with Gasteiger partial charge in [-0.1, -0.05) is 42.8 Å². The van der Waals surface area contributed by atoms with Crippen LogP contribution in [0.2, 0.25) is 0 Å². The van der Waals surface area contributed by atoms with Crippen LogP contribution in [0, 0.1) is 6.92 Å². The van der Waals surface area contributed by atoms with E-state index in [4.69, 9.17) is 4.74 Å². The first kappa shape index (κ1) is 27.1. The van der Waals surface area contributed by atoms with Crippen LogP contribution in [0.25, 0.3) is 0 Å². The molecule has 0 spiro atoms. The van der Waals surface area contributed by atoms with Crippen molar-refractivity contribution in [2.24, 2.45) is 0 Å². The van der Waals surface area contributed by atoms with Crippen LogP contribution in [0.3, 0.4) is 0 Å². The molecule has 3 rings (SSSR count). The summed E-state index contributed by atoms with van der Waals surface area (Å²) in [6, 6.07) is 17.2. The standard InChI is InChI=1S/C26H27F3N2O4S/c1-3-20-9-11-23(12-10-20)35-16-15-30-25(32)18-31(22-6-4-5-21(17-22)26(27,28)29)36(33,34)24-13-7-19(2)8-14-24/h4-14,17H,3,15-16,18H2,1-2H3,(H,30,32). The Bertz CT molecular complexity index is 1280. The Morgan fingerprint density at radius 2 is 1.67 bits per heavy atom. The fourth-order valence-corrected chi connectivity index (χ4v) is 4.77. The second kappa shape index (κ2) is 11.5. The number of benzene rings is 3. The van der Waals surface area contributed by atoms with Crippen molar-refractivity contribution in [3.05, 3.63) is 89.5 Å². The summed E-state index contributed by atoms with van der Waals surface area (Å²) in [5, 5.41) is 2.56. The van der Waals surface area contributed by atoms with Crippen LogP contribution < -0.4 is 14.4 Å². The van der Waals surface area contributed by atoms with Crippen LogP contribution in [-0.4, -0.2) is 34.0 Å². The Kier molecular flexibility index (Phi) is 8.62. The lowest BCUT2D eigenvalue weighted by Crippen LogP contribution is -2.42. The fraction of sp³-hybridized carbons (Fsp3) is 0.269. The van der Waals surface area contributed by atoms with Crippen molar-refractivity contribution < 1.29 is 31.1 Å². The van der Waals surface area contributed by atoms with E-state index in [-0.39, 0.29) is 23.7 Å². The summed E-state index contributed by atoms with van der Waals surface area (Å²) >= 11 is 0. The van der Waals surface area contributed by atoms with Crippen LogP contribution in [-0.2, 0) is 27.4 Å². The number of carbonyl (C=O) groups is 1. The lowest BCUT2D eigenvalue weighted by atomic mass is 10.2. The second-order valence-corrected chi connectivity index (χ2v) is 9.93. The predicted octanol–water partition coefficient (Wildman–Crippen LogP) is 4.97. The normalized spacial score (nSPS) is 11.7. The second-order valence-electron chi connectivity index (χ2n) is 8.07. The van der Waals surface area contributed by atoms with Gasteiger partial charge < -0.3 is 10.1 Å². The molecule has 0 unspecified atom stereocenters. The molecule has 0 bridgehead atoms. The molecule has 1 amide bonds. The van der Waals surface area contributed by atoms with Crippen molar-refractivity contribution >= 4 is 21.6 Å². The van der Waals surface area contributed by atoms with Gasteiger partial charge in [0.1, 0.15) is 18.9 Å². The maximum Gasteiger partial charge on any atom is 0.416 e. The van der Waals surface area contributed by atoms with E-state index in [9.17, 15) is 26.4 Å². The number of hydrogen-bond donors (Lipinski definition) is 1. The fourth-order valence-electron chi connectivity index (χ4n) is 3.36. The first-order valence-corrected chi connectivity index (χ1v) is 12.7. The highest BCUT2D eigenvalue weighted by Gasteiger charge is 2.33. The van der Waals surface area contributed by atoms with Gasteiger partial charge in [0.25, 0.3) is 10.0 Å². The number of alkyl halides is 3. The van der Waals surface area contributed by atoms with Crippen LogP contribution in [0.5, 0.6) is 5.75 Å². The molecule has 0 aromatic heterocycles. The summed E-state index contributed by atoms with van der Waals surface area (Å²) in [6.07, 6.45) is -3.78. The third kappa shape index (κ3) is 7.00. The molecule has 3 aromatic rings. The van der Waals surface area contributed by atoms with Gasteiger partial charge in [0.15, 0.2) is 0 Å². The molecule has 0 atom stereocenters. The van der Waals surface area contributed by atoms with Gasteiger partial charge in [-0.3, -0.25) is 9.10 Å². The number of carbonyl (C=O) groups excluding carboxylic acids is 1. The topological polar surface area (TPSA) is 75.7 Å². The average Bonchev–Trinajstić information content (AvgIpc) is 2.85. The number of halogens is 3. The highest BCUT2D eigenvalue weighted by Crippen LogP contribution is 2.33. The van der Waals surface area contributed by atoms with E-state index in [2.05, 4.69) is 5.32 Å². The highest BCUT2D eigenvalue weighted by atomic mass is 32.2. The van der Waals surface area contributed by atoms with Crippen LogP contribution in [0.15, 0.2) is 77.7 Å². The minimum atomic E-state index is -4.68. The molecule has 0 fully saturated rings. The Morgan fingerprint density at radius 1 is 1.00 bits per heavy atom. The van der Waals surface area contributed by atoms with E-state index >= 15 is 0 Å². The maximum atomic E-state index is 13.3. The molecular weight excluding hydrogens is 493 g/mol. The summed E-state index contributed by atoms with van der Waals surface area (Å²) in [5.74, 6) is -0.0676. The van der Waals surface area contributed by atoms with Gasteiger partial charge in [-0.05, 0) is 61.4 Å². The van der Waals surface area contributed by atoms with Gasteiger partial charge in [0.05, 0.1) is 22.7 Å². The first-order chi connectivity index (χ1) is 17.0. The zero-order chi connectivity index (χ0) is 26.3. The Morgan fingerprint density at radius 3 is 2.28 bits per heavy atom. The SMILES string of the molecule is CCc1ccc(OCCNC(=O)CN(c2cccc(C(F)(F)F)c2)S(=O)(=O)c2ccc(C)cc2)cc1. The monoisotopic (exact) mass is 520 g/mol. The molecule has 0 heterocycles. The number of hydrogen-bond acceptors (Lipinski definition) is 4. The van der Waals surface area contributed by atoms with Gasteiger partial charge in [-0.2, -0.15) is 13.2 Å². The minimum Gasteiger partial charge on any atom is -0.492 e. The van der Waals surface area contributed by atoms with Gasteiger partial charge >= 0.3 is 6.18 Å². The molecule has 6 nitrogen and oxygen atoms in total. The van der Waals surface area contributed by atoms with E-state index in [1.807, 2.05) is 31.2 Å². The smallest absolute Gasteiger partial charge is 0.416 e. The largest absolute Gasteiger partial charge is 0.492 e. The molecular formula is C26H27F3N2O4S. The Balaban J connectivity index is 1.76. The number of rotatable bonds is 10. The van der Waals surface area contributed by atoms with Crippen molar-refractivity contribution in [1.29, 1.82) is 0 Å². The molecule has 0 saturated carbocycles. The molecule has 0 saturated heterocycles. The molecule has 0 radical (unpaired) electrons. The molecule has 0 aliphatic carbocycles. The molecule has 0 aliphatic rings. The zero-order valence-corrected chi connectivity index (χ0v) is 20.7. The van der Waals surface area contributed by atoms with Gasteiger partial charge in [0.2, 0.25) is 5.91 Å². The van der Waals surface area contributed by atoms with Crippen molar-refractivity contribution in [3.8, 4) is 5.75 Å². The summed E-state index contributed by atoms with van der Waals surface area (Å²) < 4.78 is 72.8. The predicted molar refractivity (Wildman–Crippen MR) is 131 cm³/mol. The van der Waals surface area contributed by atoms with Crippen LogP contribution in [0.4, 0.5) is 18.9 Å². The summed E-state index contributed by atoms with van der Waals surface area (Å²) in [6.45, 7) is 3.31. The first-order valence-electron chi connectivity index (χ1n) is 11.3. The molecule has 36 heavy (non-hydrogen) atoms. The number of aryl methyl sites for hydroxylation is 2. The molecule has 0 aliphatic heterocycles. The van der Waals surface area contributed by atoms with E-state index in [1.54, 1.807) is 19.1 Å². The van der Waals surface area contributed by atoms with Gasteiger partial charge in [0, 0.05) is 0 Å². The van der Waals surface area contributed by atoms with Gasteiger partial charge in [-0.25, -0.2) is 8.42 Å². The summed E-state index contributed by atoms with van der Waals surface area (Å²) in [7, 11) is -4.33. The number of nitrogens with zero attached hydrogens (tertiary/aromatic N) is 1. The zero-order valence-electron chi connectivity index (χ0n) is 19.9. The lowest BCUT2D eigenvalue weighted by molar-refractivity contribution is -0.137. The van der Waals surface area contributed by atoms with Crippen molar-refractivity contribution in [2.45, 2.75) is 31.3 Å². The number of anilines is 1. The van der Waals surface area contributed by atoms with E-state index < -0.39 is 34.2 Å². The molecule has 1 N–H and O–H groups in total. The summed E-state index contributed by atoms with van der Waals surface area (Å²) in [5.41, 5.74) is 0.668. The molecule has 192 valence electrons. The van der Waals surface area contributed by atoms with Crippen LogP contribution >= 0.6 is 0 Å². The highest BCUT2D eigenvalue weighted by molar-refractivity contribution is 7.92. The number of amides is 1. The number of nitrogens with one attached hydrogen (secondary N) is 1. The van der Waals surface area contributed by atoms with Crippen molar-refractivity contribution in [3.63, 3.8) is 0 Å². The molecule has 3 aromatic carbocycles.